The van der Waals surface area contributed by atoms with Gasteiger partial charge in [-0.25, -0.2) is 14.2 Å². The van der Waals surface area contributed by atoms with Crippen molar-refractivity contribution in [3.8, 4) is 17.1 Å². The number of rotatable bonds is 4. The molecule has 0 atom stereocenters. The van der Waals surface area contributed by atoms with Crippen molar-refractivity contribution in [2.75, 3.05) is 18.0 Å². The molecule has 8 heteroatoms. The Balaban J connectivity index is 1.45. The first-order chi connectivity index (χ1) is 17.5. The summed E-state index contributed by atoms with van der Waals surface area (Å²) in [5.41, 5.74) is 1.87. The first-order valence-electron chi connectivity index (χ1n) is 12.7. The Bertz CT molecular complexity index is 1410. The number of anilines is 1. The van der Waals surface area contributed by atoms with Crippen LogP contribution in [0.3, 0.4) is 0 Å². The Kier molecular flexibility index (Phi) is 5.80. The molecule has 0 N–H and O–H groups in total. The van der Waals surface area contributed by atoms with Gasteiger partial charge in [0.15, 0.2) is 5.82 Å². The van der Waals surface area contributed by atoms with Crippen molar-refractivity contribution in [1.29, 1.82) is 0 Å². The summed E-state index contributed by atoms with van der Waals surface area (Å²) in [4.78, 5) is 28.5. The van der Waals surface area contributed by atoms with E-state index >= 15 is 0 Å². The zero-order valence-corrected chi connectivity index (χ0v) is 20.8. The van der Waals surface area contributed by atoms with Gasteiger partial charge in [-0.3, -0.25) is 14.3 Å². The van der Waals surface area contributed by atoms with Gasteiger partial charge in [0.1, 0.15) is 16.7 Å². The fourth-order valence-corrected chi connectivity index (χ4v) is 6.08. The number of hydrogen-bond acceptors (Lipinski definition) is 4. The molecule has 1 aromatic carbocycles. The predicted molar refractivity (Wildman–Crippen MR) is 139 cm³/mol. The van der Waals surface area contributed by atoms with Crippen molar-refractivity contribution < 1.29 is 4.39 Å². The van der Waals surface area contributed by atoms with Crippen molar-refractivity contribution in [3.63, 3.8) is 0 Å². The van der Waals surface area contributed by atoms with E-state index in [4.69, 9.17) is 23.2 Å². The van der Waals surface area contributed by atoms with Gasteiger partial charge in [-0.1, -0.05) is 36.6 Å². The van der Waals surface area contributed by atoms with Gasteiger partial charge >= 0.3 is 0 Å². The Morgan fingerprint density at radius 3 is 2.44 bits per heavy atom. The third kappa shape index (κ3) is 4.08. The number of pyridine rings is 1. The molecule has 6 nitrogen and oxygen atoms in total. The van der Waals surface area contributed by atoms with Crippen LogP contribution in [0.5, 0.6) is 0 Å². The van der Waals surface area contributed by atoms with Crippen molar-refractivity contribution >= 4 is 23.1 Å². The van der Waals surface area contributed by atoms with Gasteiger partial charge < -0.3 is 4.90 Å². The van der Waals surface area contributed by atoms with Crippen LogP contribution in [0, 0.1) is 17.8 Å². The molecule has 3 aromatic rings. The summed E-state index contributed by atoms with van der Waals surface area (Å²) in [6.45, 7) is 8.76. The van der Waals surface area contributed by atoms with Crippen LogP contribution < -0.4 is 10.5 Å². The van der Waals surface area contributed by atoms with Gasteiger partial charge in [0.25, 0.3) is 5.56 Å². The monoisotopic (exact) mass is 503 g/mol. The summed E-state index contributed by atoms with van der Waals surface area (Å²) in [5.74, 6) is 0.565. The van der Waals surface area contributed by atoms with E-state index in [9.17, 15) is 9.18 Å². The van der Waals surface area contributed by atoms with E-state index in [-0.39, 0.29) is 16.5 Å². The van der Waals surface area contributed by atoms with E-state index in [0.29, 0.717) is 28.4 Å². The van der Waals surface area contributed by atoms with Crippen LogP contribution in [0.4, 0.5) is 15.9 Å². The number of nitrogens with zero attached hydrogens (tertiary/aromatic N) is 5. The predicted octanol–water partition coefficient (Wildman–Crippen LogP) is 6.68. The molecule has 0 bridgehead atoms. The largest absolute Gasteiger partial charge is 0.355 e. The summed E-state index contributed by atoms with van der Waals surface area (Å²) in [5, 5.41) is 0.0608. The van der Waals surface area contributed by atoms with Crippen LogP contribution in [-0.4, -0.2) is 27.6 Å². The molecule has 3 aliphatic rings. The summed E-state index contributed by atoms with van der Waals surface area (Å²) in [6.07, 6.45) is 11.2. The topological polar surface area (TPSA) is 55.4 Å². The second-order valence-corrected chi connectivity index (χ2v) is 10.8. The minimum absolute atomic E-state index is 0.0608. The van der Waals surface area contributed by atoms with Crippen molar-refractivity contribution in [2.45, 2.75) is 57.3 Å². The van der Waals surface area contributed by atoms with E-state index in [2.05, 4.69) is 14.7 Å². The number of hydrogen-bond donors (Lipinski definition) is 0. The maximum Gasteiger partial charge on any atom is 0.279 e. The highest BCUT2D eigenvalue weighted by Gasteiger charge is 2.38. The lowest BCUT2D eigenvalue weighted by atomic mass is 9.77. The highest BCUT2D eigenvalue weighted by Crippen LogP contribution is 2.47. The van der Waals surface area contributed by atoms with Gasteiger partial charge in [-0.05, 0) is 62.1 Å². The van der Waals surface area contributed by atoms with Crippen LogP contribution in [0.25, 0.3) is 21.9 Å². The molecular formula is C28H27ClFN5O. The Labute approximate surface area is 214 Å². The Hall–Kier alpha value is -3.24. The fourth-order valence-electron chi connectivity index (χ4n) is 5.84. The smallest absolute Gasteiger partial charge is 0.279 e. The molecule has 2 saturated carbocycles. The van der Waals surface area contributed by atoms with E-state index in [0.717, 1.165) is 44.5 Å². The molecule has 184 valence electrons. The normalized spacial score (nSPS) is 19.0. The minimum Gasteiger partial charge on any atom is -0.355 e. The van der Waals surface area contributed by atoms with Gasteiger partial charge in [0.2, 0.25) is 5.69 Å². The van der Waals surface area contributed by atoms with Gasteiger partial charge in [-0.15, -0.1) is 0 Å². The molecule has 6 rings (SSSR count). The second kappa shape index (κ2) is 9.01. The molecule has 36 heavy (non-hydrogen) atoms. The number of aromatic nitrogens is 3. The summed E-state index contributed by atoms with van der Waals surface area (Å²) < 4.78 is 16.1. The Morgan fingerprint density at radius 1 is 1.08 bits per heavy atom. The summed E-state index contributed by atoms with van der Waals surface area (Å²) in [6, 6.07) is 8.08. The maximum atomic E-state index is 14.6. The van der Waals surface area contributed by atoms with Crippen LogP contribution in [0.15, 0.2) is 41.3 Å². The van der Waals surface area contributed by atoms with E-state index in [1.807, 2.05) is 12.1 Å². The maximum absolute atomic E-state index is 14.6. The van der Waals surface area contributed by atoms with Gasteiger partial charge in [0, 0.05) is 30.3 Å². The third-order valence-electron chi connectivity index (χ3n) is 8.15. The van der Waals surface area contributed by atoms with E-state index in [1.54, 1.807) is 12.3 Å². The van der Waals surface area contributed by atoms with E-state index < -0.39 is 11.4 Å². The number of piperidine rings is 1. The van der Waals surface area contributed by atoms with Crippen molar-refractivity contribution in [3.05, 3.63) is 74.8 Å². The lowest BCUT2D eigenvalue weighted by molar-refractivity contribution is 0.226. The fraction of sp³-hybridized carbons (Fsp3) is 0.429. The molecule has 3 heterocycles. The summed E-state index contributed by atoms with van der Waals surface area (Å²) in [7, 11) is 0. The standard InChI is InChI=1S/C28H27ClFN5O/c1-31-23-8-6-19(16-21(23)30)25-33-26(34-14-12-28(13-15-34)10-2-3-11-28)24(29)27(36)35(25)20-7-9-22(32-17-20)18-4-5-18/h6-9,16-18H,2-5,10-15H2. The van der Waals surface area contributed by atoms with Gasteiger partial charge in [0.05, 0.1) is 18.5 Å². The summed E-state index contributed by atoms with van der Waals surface area (Å²) >= 11 is 6.69. The lowest BCUT2D eigenvalue weighted by Crippen LogP contribution is -2.40. The SMILES string of the molecule is [C-]#[N+]c1ccc(-c2nc(N3CCC4(CCCC4)CC3)c(Cl)c(=O)n2-c2ccc(C3CC3)nc2)cc1F. The van der Waals surface area contributed by atoms with Crippen LogP contribution in [0.1, 0.15) is 63.0 Å². The van der Waals surface area contributed by atoms with E-state index in [1.165, 1.54) is 42.4 Å². The lowest BCUT2D eigenvalue weighted by Gasteiger charge is -2.40. The molecule has 2 aromatic heterocycles. The zero-order chi connectivity index (χ0) is 24.9. The number of benzene rings is 1. The quantitative estimate of drug-likeness (QED) is 0.373. The molecule has 1 spiro atoms. The molecular weight excluding hydrogens is 477 g/mol. The molecule has 0 radical (unpaired) electrons. The highest BCUT2D eigenvalue weighted by molar-refractivity contribution is 6.32. The first kappa shape index (κ1) is 23.2. The molecule has 1 aliphatic heterocycles. The van der Waals surface area contributed by atoms with Crippen LogP contribution in [0.2, 0.25) is 5.02 Å². The average molecular weight is 504 g/mol. The average Bonchev–Trinajstić information content (AvgIpc) is 3.66. The molecule has 1 saturated heterocycles. The number of halogens is 2. The van der Waals surface area contributed by atoms with Crippen LogP contribution in [-0.2, 0) is 0 Å². The molecule has 2 aliphatic carbocycles. The van der Waals surface area contributed by atoms with Crippen LogP contribution >= 0.6 is 11.6 Å². The molecule has 0 amide bonds. The first-order valence-corrected chi connectivity index (χ1v) is 13.1. The van der Waals surface area contributed by atoms with Crippen molar-refractivity contribution in [1.82, 2.24) is 14.5 Å². The minimum atomic E-state index is -0.650. The molecule has 3 fully saturated rings. The van der Waals surface area contributed by atoms with Crippen molar-refractivity contribution in [2.24, 2.45) is 5.41 Å². The molecule has 0 unspecified atom stereocenters. The van der Waals surface area contributed by atoms with Gasteiger partial charge in [-0.2, -0.15) is 0 Å². The highest BCUT2D eigenvalue weighted by atomic mass is 35.5. The third-order valence-corrected chi connectivity index (χ3v) is 8.48. The Morgan fingerprint density at radius 2 is 1.83 bits per heavy atom. The second-order valence-electron chi connectivity index (χ2n) is 10.4. The zero-order valence-electron chi connectivity index (χ0n) is 20.0.